The van der Waals surface area contributed by atoms with Gasteiger partial charge in [-0.15, -0.1) is 5.10 Å². The van der Waals surface area contributed by atoms with E-state index in [9.17, 15) is 14.0 Å². The summed E-state index contributed by atoms with van der Waals surface area (Å²) in [5, 5.41) is 9.27. The number of nitrogens with zero attached hydrogens (tertiary/aromatic N) is 4. The summed E-state index contributed by atoms with van der Waals surface area (Å²) in [5.41, 5.74) is 2.28. The van der Waals surface area contributed by atoms with Crippen molar-refractivity contribution in [1.29, 1.82) is 0 Å². The molecule has 0 bridgehead atoms. The number of anilines is 2. The Hall–Kier alpha value is -3.69. The largest absolute Gasteiger partial charge is 0.462 e. The lowest BCUT2D eigenvalue weighted by atomic mass is 9.99. The van der Waals surface area contributed by atoms with Crippen LogP contribution in [-0.4, -0.2) is 46.8 Å². The number of carbonyl (C=O) groups excluding carboxylic acids is 2. The fraction of sp³-hybridized carbons (Fsp3) is 0.364. The Morgan fingerprint density at radius 3 is 2.88 bits per heavy atom. The summed E-state index contributed by atoms with van der Waals surface area (Å²) in [5.74, 6) is -0.198. The molecular formula is C22H25FN6O3. The van der Waals surface area contributed by atoms with Crippen LogP contribution in [0.1, 0.15) is 47.3 Å². The maximum absolute atomic E-state index is 14.0. The van der Waals surface area contributed by atoms with Crippen LogP contribution in [0.2, 0.25) is 0 Å². The summed E-state index contributed by atoms with van der Waals surface area (Å²) in [6.07, 6.45) is 3.48. The van der Waals surface area contributed by atoms with E-state index in [1.807, 2.05) is 6.92 Å². The minimum Gasteiger partial charge on any atom is -0.462 e. The van der Waals surface area contributed by atoms with Crippen LogP contribution in [-0.2, 0) is 4.74 Å². The molecule has 0 radical (unpaired) electrons. The van der Waals surface area contributed by atoms with Crippen LogP contribution in [0.15, 0.2) is 30.5 Å². The summed E-state index contributed by atoms with van der Waals surface area (Å²) in [7, 11) is 1.47. The van der Waals surface area contributed by atoms with E-state index in [4.69, 9.17) is 9.72 Å². The number of esters is 1. The van der Waals surface area contributed by atoms with Crippen molar-refractivity contribution in [3.8, 4) is 0 Å². The molecule has 0 spiro atoms. The fourth-order valence-electron chi connectivity index (χ4n) is 4.06. The van der Waals surface area contributed by atoms with Gasteiger partial charge in [-0.2, -0.15) is 0 Å². The topological polar surface area (TPSA) is 101 Å². The Morgan fingerprint density at radius 1 is 1.31 bits per heavy atom. The van der Waals surface area contributed by atoms with Crippen molar-refractivity contribution < 1.29 is 18.7 Å². The monoisotopic (exact) mass is 440 g/mol. The van der Waals surface area contributed by atoms with Gasteiger partial charge in [0.2, 0.25) is 0 Å². The number of fused-ring (bicyclic) bond motifs is 1. The zero-order valence-corrected chi connectivity index (χ0v) is 18.2. The second-order valence-corrected chi connectivity index (χ2v) is 7.55. The molecule has 10 heteroatoms. The molecule has 3 aromatic rings. The van der Waals surface area contributed by atoms with Gasteiger partial charge in [0.1, 0.15) is 17.2 Å². The lowest BCUT2D eigenvalue weighted by molar-refractivity contribution is 0.0529. The number of halogens is 1. The van der Waals surface area contributed by atoms with Gasteiger partial charge in [0.15, 0.2) is 11.5 Å². The number of urea groups is 1. The predicted octanol–water partition coefficient (Wildman–Crippen LogP) is 3.45. The number of carbonyl (C=O) groups is 2. The summed E-state index contributed by atoms with van der Waals surface area (Å²) in [4.78, 5) is 31.3. The van der Waals surface area contributed by atoms with Gasteiger partial charge in [-0.05, 0) is 56.0 Å². The van der Waals surface area contributed by atoms with Crippen LogP contribution in [0, 0.1) is 12.7 Å². The summed E-state index contributed by atoms with van der Waals surface area (Å²) in [6, 6.07) is 6.07. The van der Waals surface area contributed by atoms with Gasteiger partial charge in [-0.3, -0.25) is 5.32 Å². The molecule has 2 aromatic heterocycles. The van der Waals surface area contributed by atoms with E-state index in [2.05, 4.69) is 20.6 Å². The average Bonchev–Trinajstić information content (AvgIpc) is 3.39. The summed E-state index contributed by atoms with van der Waals surface area (Å²) >= 11 is 0. The van der Waals surface area contributed by atoms with Gasteiger partial charge >= 0.3 is 12.0 Å². The smallest absolute Gasteiger partial charge is 0.345 e. The molecule has 1 aliphatic heterocycles. The minimum atomic E-state index is -0.627. The third-order valence-corrected chi connectivity index (χ3v) is 5.56. The number of aromatic nitrogens is 3. The molecule has 2 amide bonds. The van der Waals surface area contributed by atoms with E-state index in [-0.39, 0.29) is 35.5 Å². The van der Waals surface area contributed by atoms with E-state index in [1.165, 1.54) is 17.6 Å². The van der Waals surface area contributed by atoms with Gasteiger partial charge < -0.3 is 15.0 Å². The molecule has 9 nitrogen and oxygen atoms in total. The third-order valence-electron chi connectivity index (χ3n) is 5.56. The second kappa shape index (κ2) is 8.81. The molecule has 1 aliphatic rings. The molecule has 1 atom stereocenters. The zero-order chi connectivity index (χ0) is 22.8. The predicted molar refractivity (Wildman–Crippen MR) is 117 cm³/mol. The zero-order valence-electron chi connectivity index (χ0n) is 18.2. The normalized spacial score (nSPS) is 15.8. The second-order valence-electron chi connectivity index (χ2n) is 7.55. The highest BCUT2D eigenvalue weighted by atomic mass is 19.1. The number of amides is 2. The molecule has 1 aromatic carbocycles. The van der Waals surface area contributed by atoms with Crippen LogP contribution in [0.5, 0.6) is 0 Å². The van der Waals surface area contributed by atoms with Crippen molar-refractivity contribution in [2.45, 2.75) is 32.7 Å². The quantitative estimate of drug-likeness (QED) is 0.590. The molecule has 3 heterocycles. The van der Waals surface area contributed by atoms with E-state index in [1.54, 1.807) is 31.3 Å². The Morgan fingerprint density at radius 2 is 2.12 bits per heavy atom. The first-order valence-corrected chi connectivity index (χ1v) is 10.5. The Labute approximate surface area is 184 Å². The van der Waals surface area contributed by atoms with Crippen LogP contribution < -0.4 is 15.5 Å². The number of nitrogens with one attached hydrogen (secondary N) is 2. The van der Waals surface area contributed by atoms with Gasteiger partial charge in [0.05, 0.1) is 12.6 Å². The van der Waals surface area contributed by atoms with Gasteiger partial charge in [0, 0.05) is 19.8 Å². The van der Waals surface area contributed by atoms with E-state index in [0.717, 1.165) is 30.5 Å². The highest BCUT2D eigenvalue weighted by molar-refractivity contribution is 6.04. The van der Waals surface area contributed by atoms with Crippen LogP contribution in [0.25, 0.3) is 5.65 Å². The van der Waals surface area contributed by atoms with E-state index in [0.29, 0.717) is 5.82 Å². The Balaban J connectivity index is 1.78. The van der Waals surface area contributed by atoms with Crippen molar-refractivity contribution in [2.24, 2.45) is 0 Å². The maximum atomic E-state index is 14.0. The Kier molecular flexibility index (Phi) is 5.93. The minimum absolute atomic E-state index is 0.0296. The first-order chi connectivity index (χ1) is 15.4. The van der Waals surface area contributed by atoms with Crippen LogP contribution >= 0.6 is 0 Å². The maximum Gasteiger partial charge on any atom is 0.345 e. The molecular weight excluding hydrogens is 415 g/mol. The van der Waals surface area contributed by atoms with Crippen LogP contribution in [0.3, 0.4) is 0 Å². The van der Waals surface area contributed by atoms with Crippen molar-refractivity contribution in [3.05, 3.63) is 53.0 Å². The molecule has 168 valence electrons. The lowest BCUT2D eigenvalue weighted by Crippen LogP contribution is -2.25. The highest BCUT2D eigenvalue weighted by Crippen LogP contribution is 2.37. The number of ether oxygens (including phenoxy) is 1. The number of benzene rings is 1. The molecule has 32 heavy (non-hydrogen) atoms. The van der Waals surface area contributed by atoms with Gasteiger partial charge in [-0.25, -0.2) is 23.5 Å². The molecule has 0 aliphatic carbocycles. The number of rotatable bonds is 5. The summed E-state index contributed by atoms with van der Waals surface area (Å²) < 4.78 is 20.6. The molecule has 1 saturated heterocycles. The molecule has 0 saturated carbocycles. The van der Waals surface area contributed by atoms with E-state index < -0.39 is 12.0 Å². The molecule has 1 unspecified atom stereocenters. The van der Waals surface area contributed by atoms with E-state index >= 15 is 0 Å². The lowest BCUT2D eigenvalue weighted by Gasteiger charge is -2.27. The SMILES string of the molecule is CCOC(=O)c1c(NC(=O)NC)nn2ccc(N3CCCC3c3cc(F)ccc3C)nc12. The fourth-order valence-corrected chi connectivity index (χ4v) is 4.06. The molecule has 4 rings (SSSR count). The highest BCUT2D eigenvalue weighted by Gasteiger charge is 2.30. The van der Waals surface area contributed by atoms with Crippen molar-refractivity contribution in [3.63, 3.8) is 0 Å². The number of hydrogen-bond acceptors (Lipinski definition) is 6. The standard InChI is InChI=1S/C22H25FN6O3/c1-4-32-21(30)18-19(26-22(31)24-3)27-29-11-9-17(25-20(18)29)28-10-5-6-16(28)15-12-14(23)8-7-13(15)2/h7-9,11-12,16H,4-6,10H2,1-3H3,(H2,24,26,27,31). The van der Waals surface area contributed by atoms with Gasteiger partial charge in [0.25, 0.3) is 0 Å². The Bertz CT molecular complexity index is 1180. The van der Waals surface area contributed by atoms with Gasteiger partial charge in [-0.1, -0.05) is 6.07 Å². The first-order valence-electron chi connectivity index (χ1n) is 10.5. The average molecular weight is 440 g/mol. The number of hydrogen-bond donors (Lipinski definition) is 2. The third kappa shape index (κ3) is 3.95. The van der Waals surface area contributed by atoms with Crippen molar-refractivity contribution >= 4 is 29.3 Å². The first kappa shape index (κ1) is 21.5. The van der Waals surface area contributed by atoms with Crippen LogP contribution in [0.4, 0.5) is 20.8 Å². The summed E-state index contributed by atoms with van der Waals surface area (Å²) in [6.45, 7) is 4.58. The molecule has 1 fully saturated rings. The molecule has 2 N–H and O–H groups in total. The van der Waals surface area contributed by atoms with Crippen molar-refractivity contribution in [1.82, 2.24) is 19.9 Å². The van der Waals surface area contributed by atoms with Crippen molar-refractivity contribution in [2.75, 3.05) is 30.4 Å². The number of aryl methyl sites for hydroxylation is 1.